The van der Waals surface area contributed by atoms with Gasteiger partial charge in [0.15, 0.2) is 0 Å². The van der Waals surface area contributed by atoms with Crippen molar-refractivity contribution in [3.63, 3.8) is 0 Å². The lowest BCUT2D eigenvalue weighted by atomic mass is 10.1. The van der Waals surface area contributed by atoms with Gasteiger partial charge in [0, 0.05) is 13.1 Å². The van der Waals surface area contributed by atoms with Gasteiger partial charge in [-0.25, -0.2) is 0 Å². The van der Waals surface area contributed by atoms with Crippen LogP contribution in [0, 0.1) is 5.92 Å². The summed E-state index contributed by atoms with van der Waals surface area (Å²) >= 11 is 1.69. The highest BCUT2D eigenvalue weighted by Gasteiger charge is 2.34. The topological polar surface area (TPSA) is 35.6 Å². The van der Waals surface area contributed by atoms with Crippen molar-refractivity contribution in [3.8, 4) is 0 Å². The molecule has 0 bridgehead atoms. The summed E-state index contributed by atoms with van der Waals surface area (Å²) in [6.45, 7) is 3.63. The van der Waals surface area contributed by atoms with E-state index in [0.717, 1.165) is 19.6 Å². The number of hydrogen-bond donors (Lipinski definition) is 1. The third kappa shape index (κ3) is 2.30. The van der Waals surface area contributed by atoms with Gasteiger partial charge in [0.1, 0.15) is 6.17 Å². The Morgan fingerprint density at radius 3 is 3.11 bits per heavy atom. The van der Waals surface area contributed by atoms with Gasteiger partial charge in [0.25, 0.3) is 0 Å². The molecule has 2 atom stereocenters. The lowest BCUT2D eigenvalue weighted by molar-refractivity contribution is -0.128. The molecular formula is C13H19N3OS. The van der Waals surface area contributed by atoms with Crippen molar-refractivity contribution in [3.05, 3.63) is 22.4 Å². The van der Waals surface area contributed by atoms with E-state index in [0.29, 0.717) is 12.5 Å². The van der Waals surface area contributed by atoms with Crippen LogP contribution < -0.4 is 5.32 Å². The molecule has 1 N–H and O–H groups in total. The van der Waals surface area contributed by atoms with Crippen LogP contribution in [-0.2, 0) is 4.79 Å². The Morgan fingerprint density at radius 1 is 1.56 bits per heavy atom. The quantitative estimate of drug-likeness (QED) is 0.890. The summed E-state index contributed by atoms with van der Waals surface area (Å²) < 4.78 is 0. The van der Waals surface area contributed by atoms with E-state index >= 15 is 0 Å². The lowest BCUT2D eigenvalue weighted by Gasteiger charge is -2.26. The van der Waals surface area contributed by atoms with Crippen molar-refractivity contribution < 1.29 is 4.79 Å². The van der Waals surface area contributed by atoms with Gasteiger partial charge >= 0.3 is 0 Å². The van der Waals surface area contributed by atoms with Crippen LogP contribution in [-0.4, -0.2) is 48.9 Å². The molecule has 2 unspecified atom stereocenters. The Morgan fingerprint density at radius 2 is 2.44 bits per heavy atom. The first-order chi connectivity index (χ1) is 8.74. The van der Waals surface area contributed by atoms with Gasteiger partial charge in [-0.2, -0.15) is 11.3 Å². The summed E-state index contributed by atoms with van der Waals surface area (Å²) in [6, 6.07) is 2.11. The molecule has 1 amide bonds. The number of amides is 1. The molecule has 0 saturated carbocycles. The molecule has 1 aromatic heterocycles. The SMILES string of the molecule is CN1CCC(CN2C(=O)CNC2c2ccsc2)C1. The van der Waals surface area contributed by atoms with E-state index in [9.17, 15) is 4.79 Å². The van der Waals surface area contributed by atoms with Gasteiger partial charge in [-0.3, -0.25) is 10.1 Å². The standard InChI is InChI=1S/C13H19N3OS/c1-15-4-2-10(7-15)8-16-12(17)6-14-13(16)11-3-5-18-9-11/h3,5,9-10,13-14H,2,4,6-8H2,1H3. The number of nitrogens with zero attached hydrogens (tertiary/aromatic N) is 2. The zero-order chi connectivity index (χ0) is 12.5. The van der Waals surface area contributed by atoms with Crippen molar-refractivity contribution in [2.45, 2.75) is 12.6 Å². The zero-order valence-corrected chi connectivity index (χ0v) is 11.4. The first-order valence-corrected chi connectivity index (χ1v) is 7.42. The second-order valence-electron chi connectivity index (χ2n) is 5.30. The molecule has 0 spiro atoms. The van der Waals surface area contributed by atoms with E-state index in [1.807, 2.05) is 4.90 Å². The highest BCUT2D eigenvalue weighted by molar-refractivity contribution is 7.07. The first-order valence-electron chi connectivity index (χ1n) is 6.47. The normalized spacial score (nSPS) is 29.4. The van der Waals surface area contributed by atoms with Crippen LogP contribution in [0.5, 0.6) is 0 Å². The molecule has 4 nitrogen and oxygen atoms in total. The average molecular weight is 265 g/mol. The van der Waals surface area contributed by atoms with E-state index in [1.54, 1.807) is 11.3 Å². The van der Waals surface area contributed by atoms with Gasteiger partial charge in [0.2, 0.25) is 5.91 Å². The molecule has 1 aromatic rings. The predicted octanol–water partition coefficient (Wildman–Crippen LogP) is 1.13. The van der Waals surface area contributed by atoms with Gasteiger partial charge in [-0.1, -0.05) is 0 Å². The highest BCUT2D eigenvalue weighted by atomic mass is 32.1. The van der Waals surface area contributed by atoms with Crippen LogP contribution in [0.25, 0.3) is 0 Å². The van der Waals surface area contributed by atoms with Gasteiger partial charge in [-0.15, -0.1) is 0 Å². The Bertz CT molecular complexity index is 420. The maximum absolute atomic E-state index is 12.0. The average Bonchev–Trinajstić information content (AvgIpc) is 3.03. The molecule has 3 rings (SSSR count). The van der Waals surface area contributed by atoms with Crippen LogP contribution in [0.2, 0.25) is 0 Å². The van der Waals surface area contributed by atoms with E-state index in [4.69, 9.17) is 0 Å². The van der Waals surface area contributed by atoms with Crippen molar-refractivity contribution in [2.75, 3.05) is 33.2 Å². The zero-order valence-electron chi connectivity index (χ0n) is 10.6. The molecule has 2 fully saturated rings. The summed E-state index contributed by atoms with van der Waals surface area (Å²) in [7, 11) is 2.15. The monoisotopic (exact) mass is 265 g/mol. The third-order valence-electron chi connectivity index (χ3n) is 3.88. The molecule has 0 aromatic carbocycles. The summed E-state index contributed by atoms with van der Waals surface area (Å²) in [5.41, 5.74) is 1.22. The fourth-order valence-electron chi connectivity index (χ4n) is 2.93. The van der Waals surface area contributed by atoms with Gasteiger partial charge < -0.3 is 9.80 Å². The number of thiophene rings is 1. The van der Waals surface area contributed by atoms with Crippen LogP contribution in [0.15, 0.2) is 16.8 Å². The van der Waals surface area contributed by atoms with Gasteiger partial charge in [-0.05, 0) is 48.3 Å². The van der Waals surface area contributed by atoms with E-state index in [1.165, 1.54) is 12.0 Å². The molecule has 5 heteroatoms. The fraction of sp³-hybridized carbons (Fsp3) is 0.615. The Hall–Kier alpha value is -0.910. The second-order valence-corrected chi connectivity index (χ2v) is 6.08. The smallest absolute Gasteiger partial charge is 0.238 e. The van der Waals surface area contributed by atoms with Gasteiger partial charge in [0.05, 0.1) is 6.54 Å². The van der Waals surface area contributed by atoms with E-state index in [2.05, 4.69) is 34.1 Å². The van der Waals surface area contributed by atoms with Crippen LogP contribution in [0.3, 0.4) is 0 Å². The maximum atomic E-state index is 12.0. The molecule has 18 heavy (non-hydrogen) atoms. The number of rotatable bonds is 3. The molecule has 98 valence electrons. The highest BCUT2D eigenvalue weighted by Crippen LogP contribution is 2.27. The second kappa shape index (κ2) is 4.99. The molecular weight excluding hydrogens is 246 g/mol. The summed E-state index contributed by atoms with van der Waals surface area (Å²) in [4.78, 5) is 16.4. The van der Waals surface area contributed by atoms with E-state index < -0.39 is 0 Å². The number of likely N-dealkylation sites (tertiary alicyclic amines) is 1. The maximum Gasteiger partial charge on any atom is 0.238 e. The number of carbonyl (C=O) groups excluding carboxylic acids is 1. The number of carbonyl (C=O) groups is 1. The van der Waals surface area contributed by atoms with Crippen molar-refractivity contribution in [2.24, 2.45) is 5.92 Å². The first kappa shape index (κ1) is 12.1. The lowest BCUT2D eigenvalue weighted by Crippen LogP contribution is -2.35. The van der Waals surface area contributed by atoms with E-state index in [-0.39, 0.29) is 12.1 Å². The summed E-state index contributed by atoms with van der Waals surface area (Å²) in [5, 5.41) is 7.51. The molecule has 2 aliphatic heterocycles. The number of nitrogens with one attached hydrogen (secondary N) is 1. The number of hydrogen-bond acceptors (Lipinski definition) is 4. The molecule has 2 saturated heterocycles. The van der Waals surface area contributed by atoms with Crippen molar-refractivity contribution in [1.29, 1.82) is 0 Å². The third-order valence-corrected chi connectivity index (χ3v) is 4.58. The largest absolute Gasteiger partial charge is 0.321 e. The van der Waals surface area contributed by atoms with Crippen molar-refractivity contribution >= 4 is 17.2 Å². The Labute approximate surface area is 112 Å². The Balaban J connectivity index is 1.70. The Kier molecular flexibility index (Phi) is 3.37. The minimum Gasteiger partial charge on any atom is -0.321 e. The fourth-order valence-corrected chi connectivity index (χ4v) is 3.61. The molecule has 0 aliphatic carbocycles. The minimum atomic E-state index is 0.0923. The van der Waals surface area contributed by atoms with Crippen molar-refractivity contribution in [1.82, 2.24) is 15.1 Å². The molecule has 0 radical (unpaired) electrons. The van der Waals surface area contributed by atoms with Crippen LogP contribution in [0.4, 0.5) is 0 Å². The molecule has 2 aliphatic rings. The summed E-state index contributed by atoms with van der Waals surface area (Å²) in [5.74, 6) is 0.862. The van der Waals surface area contributed by atoms with Crippen LogP contribution >= 0.6 is 11.3 Å². The summed E-state index contributed by atoms with van der Waals surface area (Å²) in [6.07, 6.45) is 1.30. The predicted molar refractivity (Wildman–Crippen MR) is 72.4 cm³/mol. The van der Waals surface area contributed by atoms with Crippen LogP contribution in [0.1, 0.15) is 18.2 Å². The molecule has 3 heterocycles. The minimum absolute atomic E-state index is 0.0923.